The maximum Gasteiger partial charge on any atom is 0.219 e. The van der Waals surface area contributed by atoms with Crippen molar-refractivity contribution in [3.63, 3.8) is 0 Å². The van der Waals surface area contributed by atoms with Gasteiger partial charge in [0.1, 0.15) is 11.6 Å². The Kier molecular flexibility index (Phi) is 3.55. The smallest absolute Gasteiger partial charge is 0.219 e. The first-order valence-electron chi connectivity index (χ1n) is 4.75. The van der Waals surface area contributed by atoms with Gasteiger partial charge in [0.2, 0.25) is 5.88 Å². The number of pyridine rings is 1. The molecule has 0 atom stereocenters. The fourth-order valence-electron chi connectivity index (χ4n) is 1.18. The van der Waals surface area contributed by atoms with E-state index in [1.165, 1.54) is 30.5 Å². The van der Waals surface area contributed by atoms with Crippen LogP contribution in [0.2, 0.25) is 0 Å². The maximum absolute atomic E-state index is 12.7. The van der Waals surface area contributed by atoms with Crippen molar-refractivity contribution in [3.8, 4) is 11.6 Å². The van der Waals surface area contributed by atoms with Crippen LogP contribution in [0.25, 0.3) is 0 Å². The molecule has 0 unspecified atom stereocenters. The molecule has 0 aliphatic rings. The summed E-state index contributed by atoms with van der Waals surface area (Å²) in [5, 5.41) is 2.25. The third-order valence-corrected chi connectivity index (χ3v) is 2.02. The van der Waals surface area contributed by atoms with Gasteiger partial charge >= 0.3 is 0 Å². The molecule has 0 aliphatic heterocycles. The van der Waals surface area contributed by atoms with Crippen molar-refractivity contribution >= 4 is 23.1 Å². The summed E-state index contributed by atoms with van der Waals surface area (Å²) < 4.78 is 18.1. The highest BCUT2D eigenvalue weighted by molar-refractivity contribution is 7.78. The standard InChI is InChI=1S/C12H7FN2OS/c13-9-1-4-11(5-2-9)16-12-6-3-10(7-14-12)15-8-17/h1-7H. The molecule has 0 N–H and O–H groups in total. The molecular formula is C12H7FN2OS. The number of isothiocyanates is 1. The molecule has 2 rings (SSSR count). The number of ether oxygens (including phenoxy) is 1. The van der Waals surface area contributed by atoms with Gasteiger partial charge in [-0.15, -0.1) is 0 Å². The van der Waals surface area contributed by atoms with Crippen LogP contribution in [0.1, 0.15) is 0 Å². The summed E-state index contributed by atoms with van der Waals surface area (Å²) in [7, 11) is 0. The first-order chi connectivity index (χ1) is 8.28. The average molecular weight is 246 g/mol. The van der Waals surface area contributed by atoms with Crippen LogP contribution in [-0.2, 0) is 0 Å². The second-order valence-corrected chi connectivity index (χ2v) is 3.30. The van der Waals surface area contributed by atoms with Crippen molar-refractivity contribution in [1.29, 1.82) is 0 Å². The SMILES string of the molecule is Fc1ccc(Oc2ccc(N=C=S)cn2)cc1. The fraction of sp³-hybridized carbons (Fsp3) is 0. The van der Waals surface area contributed by atoms with Gasteiger partial charge in [-0.1, -0.05) is 0 Å². The summed E-state index contributed by atoms with van der Waals surface area (Å²) in [6, 6.07) is 9.04. The van der Waals surface area contributed by atoms with Crippen LogP contribution in [0.3, 0.4) is 0 Å². The molecule has 1 aromatic heterocycles. The number of aliphatic imine (C=N–C) groups is 1. The number of aromatic nitrogens is 1. The molecule has 0 amide bonds. The Morgan fingerprint density at radius 1 is 1.18 bits per heavy atom. The lowest BCUT2D eigenvalue weighted by Crippen LogP contribution is -1.86. The quantitative estimate of drug-likeness (QED) is 0.611. The van der Waals surface area contributed by atoms with Crippen molar-refractivity contribution in [1.82, 2.24) is 4.98 Å². The van der Waals surface area contributed by atoms with Crippen molar-refractivity contribution < 1.29 is 9.13 Å². The second-order valence-electron chi connectivity index (χ2n) is 3.11. The average Bonchev–Trinajstić information content (AvgIpc) is 2.35. The van der Waals surface area contributed by atoms with E-state index >= 15 is 0 Å². The third kappa shape index (κ3) is 3.17. The number of hydrogen-bond donors (Lipinski definition) is 0. The van der Waals surface area contributed by atoms with E-state index in [2.05, 4.69) is 27.4 Å². The Morgan fingerprint density at radius 3 is 2.53 bits per heavy atom. The van der Waals surface area contributed by atoms with Crippen LogP contribution in [-0.4, -0.2) is 10.1 Å². The Morgan fingerprint density at radius 2 is 1.94 bits per heavy atom. The zero-order valence-corrected chi connectivity index (χ0v) is 9.45. The highest BCUT2D eigenvalue weighted by Crippen LogP contribution is 2.21. The van der Waals surface area contributed by atoms with Gasteiger partial charge in [-0.2, -0.15) is 4.99 Å². The fourth-order valence-corrected chi connectivity index (χ4v) is 1.28. The molecule has 0 fully saturated rings. The van der Waals surface area contributed by atoms with E-state index in [4.69, 9.17) is 4.74 Å². The Hall–Kier alpha value is -2.10. The van der Waals surface area contributed by atoms with E-state index < -0.39 is 0 Å². The minimum Gasteiger partial charge on any atom is -0.439 e. The Bertz CT molecular complexity index is 548. The van der Waals surface area contributed by atoms with Crippen molar-refractivity contribution in [2.45, 2.75) is 0 Å². The molecular weight excluding hydrogens is 239 g/mol. The van der Waals surface area contributed by atoms with E-state index in [-0.39, 0.29) is 5.82 Å². The van der Waals surface area contributed by atoms with Crippen molar-refractivity contribution in [2.75, 3.05) is 0 Å². The summed E-state index contributed by atoms with van der Waals surface area (Å²) >= 11 is 4.47. The van der Waals surface area contributed by atoms with Gasteiger partial charge in [0.05, 0.1) is 17.0 Å². The summed E-state index contributed by atoms with van der Waals surface area (Å²) in [5.74, 6) is 0.612. The molecule has 0 aliphatic carbocycles. The number of rotatable bonds is 3. The maximum atomic E-state index is 12.7. The van der Waals surface area contributed by atoms with Gasteiger partial charge < -0.3 is 4.74 Å². The molecule has 0 saturated heterocycles. The van der Waals surface area contributed by atoms with E-state index in [1.807, 2.05) is 0 Å². The van der Waals surface area contributed by atoms with Gasteiger partial charge in [0.15, 0.2) is 0 Å². The molecule has 3 nitrogen and oxygen atoms in total. The number of thiocarbonyl (C=S) groups is 1. The van der Waals surface area contributed by atoms with E-state index in [9.17, 15) is 4.39 Å². The van der Waals surface area contributed by atoms with Crippen LogP contribution >= 0.6 is 12.2 Å². The van der Waals surface area contributed by atoms with Crippen LogP contribution < -0.4 is 4.74 Å². The summed E-state index contributed by atoms with van der Waals surface area (Å²) in [5.41, 5.74) is 0.603. The molecule has 1 heterocycles. The van der Waals surface area contributed by atoms with E-state index in [1.54, 1.807) is 12.1 Å². The Balaban J connectivity index is 2.13. The molecule has 84 valence electrons. The minimum atomic E-state index is -0.309. The molecule has 17 heavy (non-hydrogen) atoms. The van der Waals surface area contributed by atoms with Gasteiger partial charge in [0.25, 0.3) is 0 Å². The van der Waals surface area contributed by atoms with E-state index in [0.717, 1.165) is 0 Å². The zero-order chi connectivity index (χ0) is 12.1. The van der Waals surface area contributed by atoms with Crippen LogP contribution in [0.5, 0.6) is 11.6 Å². The summed E-state index contributed by atoms with van der Waals surface area (Å²) in [4.78, 5) is 7.78. The minimum absolute atomic E-state index is 0.309. The summed E-state index contributed by atoms with van der Waals surface area (Å²) in [6.07, 6.45) is 1.51. The van der Waals surface area contributed by atoms with Crippen LogP contribution in [0.15, 0.2) is 47.6 Å². The second kappa shape index (κ2) is 5.30. The molecule has 0 bridgehead atoms. The normalized spacial score (nSPS) is 9.47. The number of nitrogens with zero attached hydrogens (tertiary/aromatic N) is 2. The molecule has 1 aromatic carbocycles. The molecule has 0 radical (unpaired) electrons. The third-order valence-electron chi connectivity index (χ3n) is 1.93. The first kappa shape index (κ1) is 11.4. The lowest BCUT2D eigenvalue weighted by atomic mass is 10.3. The lowest BCUT2D eigenvalue weighted by Gasteiger charge is -2.03. The first-order valence-corrected chi connectivity index (χ1v) is 5.16. The summed E-state index contributed by atoms with van der Waals surface area (Å²) in [6.45, 7) is 0. The highest BCUT2D eigenvalue weighted by atomic mass is 32.1. The van der Waals surface area contributed by atoms with Gasteiger partial charge in [-0.3, -0.25) is 0 Å². The lowest BCUT2D eigenvalue weighted by molar-refractivity contribution is 0.461. The van der Waals surface area contributed by atoms with Gasteiger partial charge in [-0.05, 0) is 42.5 Å². The molecule has 5 heteroatoms. The van der Waals surface area contributed by atoms with Crippen LogP contribution in [0.4, 0.5) is 10.1 Å². The monoisotopic (exact) mass is 246 g/mol. The van der Waals surface area contributed by atoms with E-state index in [0.29, 0.717) is 17.3 Å². The molecule has 0 saturated carbocycles. The predicted molar refractivity (Wildman–Crippen MR) is 65.4 cm³/mol. The van der Waals surface area contributed by atoms with Crippen molar-refractivity contribution in [3.05, 3.63) is 48.4 Å². The number of benzene rings is 1. The largest absolute Gasteiger partial charge is 0.439 e. The Labute approximate surface area is 103 Å². The molecule has 2 aromatic rings. The van der Waals surface area contributed by atoms with Gasteiger partial charge in [-0.25, -0.2) is 9.37 Å². The topological polar surface area (TPSA) is 34.5 Å². The molecule has 0 spiro atoms. The van der Waals surface area contributed by atoms with Crippen LogP contribution in [0, 0.1) is 5.82 Å². The number of hydrogen-bond acceptors (Lipinski definition) is 4. The van der Waals surface area contributed by atoms with Gasteiger partial charge in [0, 0.05) is 6.07 Å². The van der Waals surface area contributed by atoms with Crippen molar-refractivity contribution in [2.24, 2.45) is 4.99 Å². The highest BCUT2D eigenvalue weighted by Gasteiger charge is 1.99. The number of halogens is 1. The zero-order valence-electron chi connectivity index (χ0n) is 8.63. The predicted octanol–water partition coefficient (Wildman–Crippen LogP) is 3.75.